The van der Waals surface area contributed by atoms with Crippen molar-refractivity contribution >= 4 is 12.3 Å². The van der Waals surface area contributed by atoms with E-state index in [1.165, 1.54) is 13.2 Å². The van der Waals surface area contributed by atoms with Gasteiger partial charge in [-0.3, -0.25) is 4.79 Å². The van der Waals surface area contributed by atoms with Crippen LogP contribution in [0.1, 0.15) is 83.1 Å². The van der Waals surface area contributed by atoms with E-state index in [0.717, 1.165) is 50.7 Å². The van der Waals surface area contributed by atoms with Crippen LogP contribution in [0.2, 0.25) is 0 Å². The number of aromatic hydroxyl groups is 1. The molecule has 0 fully saturated rings. The van der Waals surface area contributed by atoms with E-state index in [-0.39, 0.29) is 12.0 Å². The fraction of sp³-hybridized carbons (Fsp3) is 0.704. The second-order valence-electron chi connectivity index (χ2n) is 7.88. The number of aliphatic hydroxyl groups is 2. The van der Waals surface area contributed by atoms with Gasteiger partial charge < -0.3 is 34.3 Å². The average molecular weight is 517 g/mol. The standard InChI is InChI=1S/C11H22O4.C10H12O3.C6H14O2/c1-3-5-6-9(4-2)8-15-11(14)10(13)7-12;1-3-8-7(6-11)4-5-9(12)10(8)13-2;1-4-7-6(3)8-5-2/h9-10,12-13H,3-8H2,1-2H3;4-6,12H,3H2,1-2H3;6H,4-5H2,1-3H3. The Kier molecular flexibility index (Phi) is 23.2. The molecule has 0 radical (unpaired) electrons. The fourth-order valence-electron chi connectivity index (χ4n) is 3.12. The average Bonchev–Trinajstić information content (AvgIpc) is 2.88. The molecule has 0 heterocycles. The van der Waals surface area contributed by atoms with Gasteiger partial charge in [-0.1, -0.05) is 40.0 Å². The fourth-order valence-corrected chi connectivity index (χ4v) is 3.12. The maximum atomic E-state index is 11.0. The molecule has 3 N–H and O–H groups in total. The van der Waals surface area contributed by atoms with Crippen LogP contribution in [-0.2, 0) is 25.4 Å². The van der Waals surface area contributed by atoms with Crippen molar-refractivity contribution in [1.82, 2.24) is 0 Å². The zero-order valence-electron chi connectivity index (χ0n) is 23.1. The van der Waals surface area contributed by atoms with Crippen molar-refractivity contribution in [2.45, 2.75) is 86.0 Å². The number of phenolic OH excluding ortho intramolecular Hbond substituents is 1. The molecule has 0 aromatic heterocycles. The van der Waals surface area contributed by atoms with E-state index in [0.29, 0.717) is 30.3 Å². The number of methoxy groups -OCH3 is 1. The van der Waals surface area contributed by atoms with Crippen LogP contribution < -0.4 is 4.74 Å². The van der Waals surface area contributed by atoms with Gasteiger partial charge in [-0.2, -0.15) is 0 Å². The van der Waals surface area contributed by atoms with E-state index in [4.69, 9.17) is 29.2 Å². The maximum Gasteiger partial charge on any atom is 0.337 e. The van der Waals surface area contributed by atoms with E-state index >= 15 is 0 Å². The van der Waals surface area contributed by atoms with Gasteiger partial charge >= 0.3 is 5.97 Å². The summed E-state index contributed by atoms with van der Waals surface area (Å²) in [6.45, 7) is 13.1. The molecule has 36 heavy (non-hydrogen) atoms. The molecule has 1 rings (SSSR count). The van der Waals surface area contributed by atoms with Gasteiger partial charge in [-0.05, 0) is 51.7 Å². The summed E-state index contributed by atoms with van der Waals surface area (Å²) < 4.78 is 20.0. The molecule has 2 unspecified atom stereocenters. The Labute approximate surface area is 216 Å². The Morgan fingerprint density at radius 2 is 1.69 bits per heavy atom. The zero-order valence-corrected chi connectivity index (χ0v) is 23.1. The molecule has 1 aromatic carbocycles. The summed E-state index contributed by atoms with van der Waals surface area (Å²) in [4.78, 5) is 21.7. The number of rotatable bonds is 15. The Hall–Kier alpha value is -2.20. The molecule has 0 aliphatic carbocycles. The van der Waals surface area contributed by atoms with Crippen LogP contribution in [0.25, 0.3) is 0 Å². The minimum atomic E-state index is -1.39. The highest BCUT2D eigenvalue weighted by Gasteiger charge is 2.17. The highest BCUT2D eigenvalue weighted by molar-refractivity contribution is 5.79. The molecule has 9 nitrogen and oxygen atoms in total. The second kappa shape index (κ2) is 23.2. The summed E-state index contributed by atoms with van der Waals surface area (Å²) in [5.74, 6) is 0.101. The lowest BCUT2D eigenvalue weighted by molar-refractivity contribution is -0.157. The number of carbonyl (C=O) groups excluding carboxylic acids is 2. The Morgan fingerprint density at radius 1 is 1.08 bits per heavy atom. The first-order valence-corrected chi connectivity index (χ1v) is 12.7. The first kappa shape index (κ1) is 36.0. The van der Waals surface area contributed by atoms with Gasteiger partial charge in [0.15, 0.2) is 23.9 Å². The van der Waals surface area contributed by atoms with Crippen molar-refractivity contribution in [3.05, 3.63) is 23.3 Å². The molecule has 0 spiro atoms. The monoisotopic (exact) mass is 516 g/mol. The van der Waals surface area contributed by atoms with E-state index in [1.54, 1.807) is 6.07 Å². The van der Waals surface area contributed by atoms with Crippen LogP contribution in [0, 0.1) is 5.92 Å². The van der Waals surface area contributed by atoms with Crippen molar-refractivity contribution in [2.75, 3.05) is 33.5 Å². The summed E-state index contributed by atoms with van der Waals surface area (Å²) in [6.07, 6.45) is 4.24. The number of benzene rings is 1. The van der Waals surface area contributed by atoms with Crippen molar-refractivity contribution in [3.63, 3.8) is 0 Å². The van der Waals surface area contributed by atoms with Crippen molar-refractivity contribution in [3.8, 4) is 11.5 Å². The normalized spacial score (nSPS) is 11.9. The number of esters is 1. The zero-order chi connectivity index (χ0) is 27.9. The highest BCUT2D eigenvalue weighted by Crippen LogP contribution is 2.32. The predicted octanol–water partition coefficient (Wildman–Crippen LogP) is 4.28. The van der Waals surface area contributed by atoms with Gasteiger partial charge in [0.25, 0.3) is 0 Å². The van der Waals surface area contributed by atoms with Crippen LogP contribution in [0.4, 0.5) is 0 Å². The van der Waals surface area contributed by atoms with Gasteiger partial charge in [0, 0.05) is 24.3 Å². The van der Waals surface area contributed by atoms with Gasteiger partial charge in [-0.25, -0.2) is 4.79 Å². The largest absolute Gasteiger partial charge is 0.504 e. The number of unbranched alkanes of at least 4 members (excludes halogenated alkanes) is 1. The van der Waals surface area contributed by atoms with Gasteiger partial charge in [-0.15, -0.1) is 0 Å². The number of hydrogen-bond acceptors (Lipinski definition) is 9. The Morgan fingerprint density at radius 3 is 2.11 bits per heavy atom. The minimum absolute atomic E-state index is 0.0370. The van der Waals surface area contributed by atoms with Crippen LogP contribution in [0.5, 0.6) is 11.5 Å². The SMILES string of the molecule is CCCCC(CC)COC(=O)C(O)CO.CCOC(C)OCC.CCc1c(C=O)ccc(O)c1OC. The lowest BCUT2D eigenvalue weighted by Gasteiger charge is -2.15. The predicted molar refractivity (Wildman–Crippen MR) is 139 cm³/mol. The molecular weight excluding hydrogens is 468 g/mol. The number of phenols is 1. The molecule has 0 aliphatic heterocycles. The first-order chi connectivity index (χ1) is 17.2. The molecule has 1 aromatic rings. The van der Waals surface area contributed by atoms with Crippen LogP contribution in [0.15, 0.2) is 12.1 Å². The van der Waals surface area contributed by atoms with E-state index in [2.05, 4.69) is 13.8 Å². The molecule has 9 heteroatoms. The third-order valence-electron chi connectivity index (χ3n) is 5.21. The summed E-state index contributed by atoms with van der Waals surface area (Å²) >= 11 is 0. The first-order valence-electron chi connectivity index (χ1n) is 12.7. The Balaban J connectivity index is 0. The third kappa shape index (κ3) is 15.7. The van der Waals surface area contributed by atoms with Crippen molar-refractivity contribution in [1.29, 1.82) is 0 Å². The molecule has 0 saturated carbocycles. The molecule has 0 amide bonds. The number of aldehydes is 1. The van der Waals surface area contributed by atoms with Crippen LogP contribution in [0.3, 0.4) is 0 Å². The summed E-state index contributed by atoms with van der Waals surface area (Å²) in [6, 6.07) is 3.05. The summed E-state index contributed by atoms with van der Waals surface area (Å²) in [5, 5.41) is 26.9. The van der Waals surface area contributed by atoms with Gasteiger partial charge in [0.05, 0.1) is 20.3 Å². The lowest BCUT2D eigenvalue weighted by Crippen LogP contribution is -2.28. The molecule has 0 aliphatic rings. The lowest BCUT2D eigenvalue weighted by atomic mass is 10.0. The minimum Gasteiger partial charge on any atom is -0.504 e. The maximum absolute atomic E-state index is 11.0. The van der Waals surface area contributed by atoms with Gasteiger partial charge in [0.1, 0.15) is 6.29 Å². The van der Waals surface area contributed by atoms with E-state index in [9.17, 15) is 14.7 Å². The van der Waals surface area contributed by atoms with Crippen molar-refractivity contribution < 1.29 is 43.9 Å². The number of aliphatic hydroxyl groups excluding tert-OH is 2. The molecule has 210 valence electrons. The third-order valence-corrected chi connectivity index (χ3v) is 5.21. The van der Waals surface area contributed by atoms with E-state index < -0.39 is 18.7 Å². The topological polar surface area (TPSA) is 132 Å². The summed E-state index contributed by atoms with van der Waals surface area (Å²) in [7, 11) is 1.47. The number of ether oxygens (including phenoxy) is 4. The number of carbonyl (C=O) groups is 2. The molecule has 2 atom stereocenters. The molecule has 0 saturated heterocycles. The summed E-state index contributed by atoms with van der Waals surface area (Å²) in [5.41, 5.74) is 1.31. The highest BCUT2D eigenvalue weighted by atomic mass is 16.7. The van der Waals surface area contributed by atoms with Crippen LogP contribution >= 0.6 is 0 Å². The second-order valence-corrected chi connectivity index (χ2v) is 7.88. The van der Waals surface area contributed by atoms with E-state index in [1.807, 2.05) is 27.7 Å². The molecule has 0 bridgehead atoms. The van der Waals surface area contributed by atoms with Gasteiger partial charge in [0.2, 0.25) is 0 Å². The molecular formula is C27H48O9. The Bertz CT molecular complexity index is 688. The van der Waals surface area contributed by atoms with Crippen LogP contribution in [-0.4, -0.2) is 73.5 Å². The quantitative estimate of drug-likeness (QED) is 0.177. The number of hydrogen-bond donors (Lipinski definition) is 3. The van der Waals surface area contributed by atoms with Crippen molar-refractivity contribution in [2.24, 2.45) is 5.92 Å². The smallest absolute Gasteiger partial charge is 0.337 e.